The van der Waals surface area contributed by atoms with Crippen LogP contribution in [0.2, 0.25) is 0 Å². The minimum Gasteiger partial charge on any atom is -0.493 e. The van der Waals surface area contributed by atoms with Gasteiger partial charge in [-0.15, -0.1) is 0 Å². The van der Waals surface area contributed by atoms with Crippen LogP contribution in [0.3, 0.4) is 0 Å². The molecule has 0 aliphatic rings. The van der Waals surface area contributed by atoms with E-state index < -0.39 is 40.8 Å². The molecule has 0 aliphatic carbocycles. The van der Waals surface area contributed by atoms with Gasteiger partial charge in [0.15, 0.2) is 23.1 Å². The monoisotopic (exact) mass is 808 g/mol. The molecule has 4 rings (SSSR count). The van der Waals surface area contributed by atoms with Gasteiger partial charge in [-0.3, -0.25) is 0 Å². The van der Waals surface area contributed by atoms with Crippen LogP contribution in [0.1, 0.15) is 104 Å². The molecule has 0 aliphatic heterocycles. The van der Waals surface area contributed by atoms with Crippen LogP contribution in [0, 0.1) is 34.9 Å². The van der Waals surface area contributed by atoms with Crippen LogP contribution in [0.25, 0.3) is 22.3 Å². The number of benzene rings is 4. The Bertz CT molecular complexity index is 1720. The van der Waals surface area contributed by atoms with Gasteiger partial charge in [-0.1, -0.05) is 51.4 Å². The molecule has 57 heavy (non-hydrogen) atoms. The minimum absolute atomic E-state index is 0.0898. The van der Waals surface area contributed by atoms with Gasteiger partial charge in [0.25, 0.3) is 0 Å². The van der Waals surface area contributed by atoms with Gasteiger partial charge in [-0.25, -0.2) is 26.3 Å². The van der Waals surface area contributed by atoms with Gasteiger partial charge in [0.2, 0.25) is 17.6 Å². The first-order chi connectivity index (χ1) is 27.5. The average Bonchev–Trinajstić information content (AvgIpc) is 3.18. The molecule has 12 heteroatoms. The van der Waals surface area contributed by atoms with Crippen molar-refractivity contribution in [3.8, 4) is 45.3 Å². The van der Waals surface area contributed by atoms with E-state index in [0.717, 1.165) is 50.7 Å². The Kier molecular flexibility index (Phi) is 18.3. The van der Waals surface area contributed by atoms with E-state index in [4.69, 9.17) is 18.9 Å². The van der Waals surface area contributed by atoms with Gasteiger partial charge in [0, 0.05) is 47.2 Å². The van der Waals surface area contributed by atoms with Gasteiger partial charge in [0.1, 0.15) is 23.1 Å². The highest BCUT2D eigenvalue weighted by Crippen LogP contribution is 2.35. The SMILES string of the molecule is CCOc1ccc(-c2ccc(OCCCCCCCCC(F)(F)CCCCCCCCOc3ccc(-c4ccc(OCC)c(F)c4F)c(F)c3)cc2F)c(F)c1F. The van der Waals surface area contributed by atoms with Crippen LogP contribution in [0.4, 0.5) is 35.1 Å². The lowest BCUT2D eigenvalue weighted by Crippen LogP contribution is -2.15. The average molecular weight is 809 g/mol. The molecule has 0 aromatic heterocycles. The van der Waals surface area contributed by atoms with Crippen LogP contribution in [-0.4, -0.2) is 32.4 Å². The quantitative estimate of drug-likeness (QED) is 0.0468. The highest BCUT2D eigenvalue weighted by atomic mass is 19.3. The summed E-state index contributed by atoms with van der Waals surface area (Å²) < 4.78 is 137. The number of rotatable bonds is 26. The summed E-state index contributed by atoms with van der Waals surface area (Å²) in [4.78, 5) is 0. The van der Waals surface area contributed by atoms with E-state index >= 15 is 0 Å². The third-order valence-corrected chi connectivity index (χ3v) is 9.57. The zero-order valence-corrected chi connectivity index (χ0v) is 32.7. The summed E-state index contributed by atoms with van der Waals surface area (Å²) in [5, 5.41) is 0. The molecule has 312 valence electrons. The summed E-state index contributed by atoms with van der Waals surface area (Å²) in [6.07, 6.45) is 8.57. The minimum atomic E-state index is -2.68. The Hall–Kier alpha value is -4.48. The standard InChI is InChI=1S/C45H52F8O4/c1-3-54-39-23-21-35(41(48)43(39)50)33-19-17-31(29-37(33)46)56-27-15-11-7-5-9-13-25-45(52,53)26-14-10-6-8-12-16-28-57-32-18-20-34(38(47)30-32)36-22-24-40(55-4-2)44(51)42(36)49/h17-24,29-30H,3-16,25-28H2,1-2H3. The van der Waals surface area contributed by atoms with Crippen LogP contribution < -0.4 is 18.9 Å². The van der Waals surface area contributed by atoms with Gasteiger partial charge in [-0.05, 0) is 88.1 Å². The normalized spacial score (nSPS) is 11.5. The second-order valence-corrected chi connectivity index (χ2v) is 13.9. The molecular formula is C45H52F8O4. The fraction of sp³-hybridized carbons (Fsp3) is 0.467. The van der Waals surface area contributed by atoms with Gasteiger partial charge >= 0.3 is 0 Å². The second kappa shape index (κ2) is 23.1. The molecule has 4 nitrogen and oxygen atoms in total. The van der Waals surface area contributed by atoms with Crippen molar-refractivity contribution in [1.82, 2.24) is 0 Å². The molecule has 0 bridgehead atoms. The smallest absolute Gasteiger partial charge is 0.248 e. The summed E-state index contributed by atoms with van der Waals surface area (Å²) in [5.41, 5.74) is -0.604. The Balaban J connectivity index is 0.993. The third kappa shape index (κ3) is 13.8. The second-order valence-electron chi connectivity index (χ2n) is 13.9. The van der Waals surface area contributed by atoms with E-state index in [1.807, 2.05) is 0 Å². The van der Waals surface area contributed by atoms with E-state index in [2.05, 4.69) is 0 Å². The Morgan fingerprint density at radius 3 is 1.12 bits per heavy atom. The lowest BCUT2D eigenvalue weighted by Gasteiger charge is -2.16. The molecule has 0 N–H and O–H groups in total. The molecule has 4 aromatic rings. The van der Waals surface area contributed by atoms with E-state index in [9.17, 15) is 35.1 Å². The van der Waals surface area contributed by atoms with Crippen molar-refractivity contribution in [2.45, 2.75) is 110 Å². The van der Waals surface area contributed by atoms with E-state index in [0.29, 0.717) is 51.7 Å². The molecule has 0 atom stereocenters. The molecule has 0 spiro atoms. The lowest BCUT2D eigenvalue weighted by atomic mass is 10.0. The largest absolute Gasteiger partial charge is 0.493 e. The van der Waals surface area contributed by atoms with Crippen molar-refractivity contribution >= 4 is 0 Å². The molecule has 4 aromatic carbocycles. The van der Waals surface area contributed by atoms with Crippen molar-refractivity contribution in [2.24, 2.45) is 0 Å². The van der Waals surface area contributed by atoms with Gasteiger partial charge in [-0.2, -0.15) is 8.78 Å². The predicted molar refractivity (Wildman–Crippen MR) is 206 cm³/mol. The molecule has 0 unspecified atom stereocenters. The molecule has 0 heterocycles. The molecule has 0 radical (unpaired) electrons. The summed E-state index contributed by atoms with van der Waals surface area (Å²) in [7, 11) is 0. The van der Waals surface area contributed by atoms with Crippen molar-refractivity contribution in [2.75, 3.05) is 26.4 Å². The summed E-state index contributed by atoms with van der Waals surface area (Å²) in [6.45, 7) is 4.31. The molecule has 0 amide bonds. The maximum Gasteiger partial charge on any atom is 0.248 e. The third-order valence-electron chi connectivity index (χ3n) is 9.57. The Morgan fingerprint density at radius 1 is 0.404 bits per heavy atom. The van der Waals surface area contributed by atoms with Crippen molar-refractivity contribution in [1.29, 1.82) is 0 Å². The first kappa shape index (κ1) is 45.2. The predicted octanol–water partition coefficient (Wildman–Crippen LogP) is 14.2. The Morgan fingerprint density at radius 2 is 0.754 bits per heavy atom. The van der Waals surface area contributed by atoms with E-state index in [1.54, 1.807) is 13.8 Å². The molecular weight excluding hydrogens is 756 g/mol. The number of hydrogen-bond donors (Lipinski definition) is 0. The maximum atomic E-state index is 14.7. The first-order valence-electron chi connectivity index (χ1n) is 19.9. The fourth-order valence-electron chi connectivity index (χ4n) is 6.51. The molecule has 0 saturated heterocycles. The zero-order chi connectivity index (χ0) is 41.2. The summed E-state index contributed by atoms with van der Waals surface area (Å²) in [6, 6.07) is 13.0. The highest BCUT2D eigenvalue weighted by molar-refractivity contribution is 5.68. The van der Waals surface area contributed by atoms with E-state index in [1.165, 1.54) is 48.5 Å². The van der Waals surface area contributed by atoms with E-state index in [-0.39, 0.29) is 71.3 Å². The van der Waals surface area contributed by atoms with Crippen molar-refractivity contribution in [3.63, 3.8) is 0 Å². The summed E-state index contributed by atoms with van der Waals surface area (Å²) >= 11 is 0. The topological polar surface area (TPSA) is 36.9 Å². The fourth-order valence-corrected chi connectivity index (χ4v) is 6.51. The number of alkyl halides is 2. The summed E-state index contributed by atoms with van der Waals surface area (Å²) in [5.74, 6) is -8.80. The van der Waals surface area contributed by atoms with Crippen molar-refractivity contribution < 1.29 is 54.1 Å². The van der Waals surface area contributed by atoms with Gasteiger partial charge in [0.05, 0.1) is 26.4 Å². The maximum absolute atomic E-state index is 14.7. The van der Waals surface area contributed by atoms with Crippen LogP contribution in [0.15, 0.2) is 60.7 Å². The van der Waals surface area contributed by atoms with Crippen molar-refractivity contribution in [3.05, 3.63) is 95.6 Å². The number of unbranched alkanes of at least 4 members (excludes halogenated alkanes) is 10. The number of ether oxygens (including phenoxy) is 4. The Labute approximate surface area is 330 Å². The first-order valence-corrected chi connectivity index (χ1v) is 19.9. The number of hydrogen-bond acceptors (Lipinski definition) is 4. The van der Waals surface area contributed by atoms with Gasteiger partial charge < -0.3 is 18.9 Å². The highest BCUT2D eigenvalue weighted by Gasteiger charge is 2.27. The van der Waals surface area contributed by atoms with Crippen LogP contribution >= 0.6 is 0 Å². The molecule has 0 saturated carbocycles. The van der Waals surface area contributed by atoms with Crippen LogP contribution in [0.5, 0.6) is 23.0 Å². The van der Waals surface area contributed by atoms with Crippen LogP contribution in [-0.2, 0) is 0 Å². The lowest BCUT2D eigenvalue weighted by molar-refractivity contribution is -0.0206. The number of halogens is 8. The molecule has 0 fully saturated rings. The zero-order valence-electron chi connectivity index (χ0n) is 32.7.